The van der Waals surface area contributed by atoms with Gasteiger partial charge in [-0.15, -0.1) is 0 Å². The van der Waals surface area contributed by atoms with Gasteiger partial charge in [-0.25, -0.2) is 4.79 Å². The number of benzene rings is 2. The van der Waals surface area contributed by atoms with Gasteiger partial charge >= 0.3 is 5.97 Å². The van der Waals surface area contributed by atoms with Gasteiger partial charge in [0.1, 0.15) is 11.2 Å². The third-order valence-electron chi connectivity index (χ3n) is 3.41. The number of amides is 1. The summed E-state index contributed by atoms with van der Waals surface area (Å²) >= 11 is 0. The zero-order valence-corrected chi connectivity index (χ0v) is 12.5. The van der Waals surface area contributed by atoms with Crippen LogP contribution in [0.5, 0.6) is 0 Å². The van der Waals surface area contributed by atoms with Crippen LogP contribution in [0.15, 0.2) is 45.6 Å². The van der Waals surface area contributed by atoms with E-state index in [4.69, 9.17) is 4.42 Å². The highest BCUT2D eigenvalue weighted by molar-refractivity contribution is 5.98. The average Bonchev–Trinajstić information content (AvgIpc) is 2.54. The van der Waals surface area contributed by atoms with Crippen LogP contribution in [0.3, 0.4) is 0 Å². The normalized spacial score (nSPS) is 10.7. The van der Waals surface area contributed by atoms with E-state index in [1.807, 2.05) is 0 Å². The molecule has 1 heterocycles. The average molecular weight is 311 g/mol. The Morgan fingerprint density at radius 1 is 1.04 bits per heavy atom. The van der Waals surface area contributed by atoms with Crippen molar-refractivity contribution >= 4 is 39.5 Å². The molecular weight excluding hydrogens is 298 g/mol. The third kappa shape index (κ3) is 2.66. The number of anilines is 1. The van der Waals surface area contributed by atoms with Gasteiger partial charge in [-0.1, -0.05) is 0 Å². The van der Waals surface area contributed by atoms with E-state index in [1.54, 1.807) is 18.2 Å². The topological polar surface area (TPSA) is 85.6 Å². The van der Waals surface area contributed by atoms with Crippen molar-refractivity contribution in [2.45, 2.75) is 6.92 Å². The molecule has 1 aromatic heterocycles. The van der Waals surface area contributed by atoms with Gasteiger partial charge < -0.3 is 14.5 Å². The minimum atomic E-state index is -0.504. The van der Waals surface area contributed by atoms with Crippen LogP contribution in [-0.4, -0.2) is 19.0 Å². The molecule has 6 nitrogen and oxygen atoms in total. The standard InChI is InChI=1S/C17H13NO5/c1-9(19)18-11-4-6-14-13(8-11)16(20)12-5-3-10(17(21)22-2)7-15(12)23-14/h3-8H,1-2H3,(H,18,19). The quantitative estimate of drug-likeness (QED) is 0.581. The fourth-order valence-electron chi connectivity index (χ4n) is 2.38. The lowest BCUT2D eigenvalue weighted by Crippen LogP contribution is -2.08. The number of methoxy groups -OCH3 is 1. The van der Waals surface area contributed by atoms with Crippen molar-refractivity contribution in [2.75, 3.05) is 12.4 Å². The Balaban J connectivity index is 2.24. The number of nitrogens with one attached hydrogen (secondary N) is 1. The molecule has 0 saturated heterocycles. The molecule has 0 aliphatic rings. The first-order chi connectivity index (χ1) is 11.0. The molecule has 0 aliphatic heterocycles. The van der Waals surface area contributed by atoms with Crippen LogP contribution >= 0.6 is 0 Å². The zero-order chi connectivity index (χ0) is 16.6. The van der Waals surface area contributed by atoms with Crippen LogP contribution in [0.25, 0.3) is 21.9 Å². The highest BCUT2D eigenvalue weighted by Crippen LogP contribution is 2.22. The van der Waals surface area contributed by atoms with E-state index in [9.17, 15) is 14.4 Å². The fourth-order valence-corrected chi connectivity index (χ4v) is 2.38. The Labute approximate surface area is 130 Å². The summed E-state index contributed by atoms with van der Waals surface area (Å²) in [5.41, 5.74) is 1.27. The molecule has 0 bridgehead atoms. The minimum absolute atomic E-state index is 0.225. The number of carbonyl (C=O) groups is 2. The maximum Gasteiger partial charge on any atom is 0.337 e. The Kier molecular flexibility index (Phi) is 3.57. The van der Waals surface area contributed by atoms with E-state index in [1.165, 1.54) is 32.2 Å². The van der Waals surface area contributed by atoms with Gasteiger partial charge in [-0.3, -0.25) is 9.59 Å². The summed E-state index contributed by atoms with van der Waals surface area (Å²) in [7, 11) is 1.28. The molecule has 0 spiro atoms. The Morgan fingerprint density at radius 3 is 2.52 bits per heavy atom. The van der Waals surface area contributed by atoms with Crippen LogP contribution in [0.1, 0.15) is 17.3 Å². The van der Waals surface area contributed by atoms with Crippen molar-refractivity contribution in [1.82, 2.24) is 0 Å². The van der Waals surface area contributed by atoms with E-state index >= 15 is 0 Å². The summed E-state index contributed by atoms with van der Waals surface area (Å²) in [5, 5.41) is 3.33. The highest BCUT2D eigenvalue weighted by Gasteiger charge is 2.12. The lowest BCUT2D eigenvalue weighted by molar-refractivity contribution is -0.114. The van der Waals surface area contributed by atoms with E-state index in [0.29, 0.717) is 33.2 Å². The summed E-state index contributed by atoms with van der Waals surface area (Å²) in [5.74, 6) is -0.729. The monoisotopic (exact) mass is 311 g/mol. The maximum atomic E-state index is 12.6. The maximum absolute atomic E-state index is 12.6. The van der Waals surface area contributed by atoms with Crippen molar-refractivity contribution in [1.29, 1.82) is 0 Å². The Morgan fingerprint density at radius 2 is 1.83 bits per heavy atom. The summed E-state index contributed by atoms with van der Waals surface area (Å²) in [6.07, 6.45) is 0. The first-order valence-corrected chi connectivity index (χ1v) is 6.86. The van der Waals surface area contributed by atoms with Gasteiger partial charge in [0.05, 0.1) is 23.4 Å². The van der Waals surface area contributed by atoms with E-state index in [2.05, 4.69) is 10.1 Å². The van der Waals surface area contributed by atoms with Crippen LogP contribution < -0.4 is 10.7 Å². The lowest BCUT2D eigenvalue weighted by atomic mass is 10.1. The highest BCUT2D eigenvalue weighted by atomic mass is 16.5. The second-order valence-corrected chi connectivity index (χ2v) is 5.03. The van der Waals surface area contributed by atoms with Crippen LogP contribution in [0.2, 0.25) is 0 Å². The number of rotatable bonds is 2. The predicted octanol–water partition coefficient (Wildman–Crippen LogP) is 2.69. The van der Waals surface area contributed by atoms with Gasteiger partial charge in [0, 0.05) is 12.6 Å². The molecule has 0 saturated carbocycles. The van der Waals surface area contributed by atoms with Gasteiger partial charge in [-0.2, -0.15) is 0 Å². The van der Waals surface area contributed by atoms with Gasteiger partial charge in [-0.05, 0) is 36.4 Å². The van der Waals surface area contributed by atoms with Crippen LogP contribution in [0.4, 0.5) is 5.69 Å². The summed E-state index contributed by atoms with van der Waals surface area (Å²) < 4.78 is 10.4. The van der Waals surface area contributed by atoms with Crippen molar-refractivity contribution in [3.05, 3.63) is 52.2 Å². The molecule has 1 N–H and O–H groups in total. The number of esters is 1. The summed E-state index contributed by atoms with van der Waals surface area (Å²) in [6, 6.07) is 9.32. The molecule has 116 valence electrons. The second-order valence-electron chi connectivity index (χ2n) is 5.03. The molecule has 0 aliphatic carbocycles. The first kappa shape index (κ1) is 14.8. The second kappa shape index (κ2) is 5.57. The number of fused-ring (bicyclic) bond motifs is 2. The number of hydrogen-bond acceptors (Lipinski definition) is 5. The Bertz CT molecular complexity index is 1000. The van der Waals surface area contributed by atoms with Crippen molar-refractivity contribution < 1.29 is 18.7 Å². The molecular formula is C17H13NO5. The molecule has 0 unspecified atom stereocenters. The molecule has 3 aromatic rings. The van der Waals surface area contributed by atoms with Crippen LogP contribution in [-0.2, 0) is 9.53 Å². The lowest BCUT2D eigenvalue weighted by Gasteiger charge is -2.06. The molecule has 0 radical (unpaired) electrons. The number of ether oxygens (including phenoxy) is 1. The smallest absolute Gasteiger partial charge is 0.337 e. The van der Waals surface area contributed by atoms with E-state index < -0.39 is 5.97 Å². The number of carbonyl (C=O) groups excluding carboxylic acids is 2. The molecule has 1 amide bonds. The van der Waals surface area contributed by atoms with Crippen molar-refractivity contribution in [3.63, 3.8) is 0 Å². The molecule has 0 fully saturated rings. The minimum Gasteiger partial charge on any atom is -0.465 e. The van der Waals surface area contributed by atoms with Gasteiger partial charge in [0.25, 0.3) is 0 Å². The summed E-state index contributed by atoms with van der Waals surface area (Å²) in [4.78, 5) is 35.3. The zero-order valence-electron chi connectivity index (χ0n) is 12.5. The van der Waals surface area contributed by atoms with E-state index in [-0.39, 0.29) is 11.3 Å². The molecule has 6 heteroatoms. The predicted molar refractivity (Wildman–Crippen MR) is 85.6 cm³/mol. The SMILES string of the molecule is COC(=O)c1ccc2c(=O)c3cc(NC(C)=O)ccc3oc2c1. The molecule has 3 rings (SSSR count). The largest absolute Gasteiger partial charge is 0.465 e. The number of hydrogen-bond donors (Lipinski definition) is 1. The van der Waals surface area contributed by atoms with Gasteiger partial charge in [0.2, 0.25) is 11.3 Å². The van der Waals surface area contributed by atoms with E-state index in [0.717, 1.165) is 0 Å². The molecule has 23 heavy (non-hydrogen) atoms. The Hall–Kier alpha value is -3.15. The van der Waals surface area contributed by atoms with Crippen molar-refractivity contribution in [2.24, 2.45) is 0 Å². The molecule has 0 atom stereocenters. The molecule has 2 aromatic carbocycles. The first-order valence-electron chi connectivity index (χ1n) is 6.86. The third-order valence-corrected chi connectivity index (χ3v) is 3.41. The van der Waals surface area contributed by atoms with Crippen LogP contribution in [0, 0.1) is 0 Å². The van der Waals surface area contributed by atoms with Gasteiger partial charge in [0.15, 0.2) is 0 Å². The fraction of sp³-hybridized carbons (Fsp3) is 0.118. The summed E-state index contributed by atoms with van der Waals surface area (Å²) in [6.45, 7) is 1.39. The van der Waals surface area contributed by atoms with Crippen molar-refractivity contribution in [3.8, 4) is 0 Å².